The van der Waals surface area contributed by atoms with Crippen molar-refractivity contribution < 1.29 is 19.1 Å². The maximum Gasteiger partial charge on any atom is 0.407 e. The number of alkyl carbamates (subject to hydrolysis) is 2. The van der Waals surface area contributed by atoms with Crippen molar-refractivity contribution in [2.24, 2.45) is 22.3 Å². The fourth-order valence-electron chi connectivity index (χ4n) is 3.31. The number of carbonyl (C=O) groups excluding carboxylic acids is 2. The average Bonchev–Trinajstić information content (AvgIpc) is 2.51. The van der Waals surface area contributed by atoms with Crippen LogP contribution < -0.4 is 22.1 Å². The van der Waals surface area contributed by atoms with Gasteiger partial charge in [-0.2, -0.15) is 0 Å². The van der Waals surface area contributed by atoms with Crippen LogP contribution >= 0.6 is 0 Å². The first-order valence-corrected chi connectivity index (χ1v) is 10.8. The minimum absolute atomic E-state index is 0.0308. The number of nitrogens with two attached hydrogens (primary N) is 2. The van der Waals surface area contributed by atoms with Crippen LogP contribution in [0.15, 0.2) is 0 Å². The molecule has 2 fully saturated rings. The summed E-state index contributed by atoms with van der Waals surface area (Å²) in [5.74, 6) is 0. The molecule has 2 saturated carbocycles. The minimum Gasteiger partial charge on any atom is -0.444 e. The Labute approximate surface area is 182 Å². The SMILES string of the molecule is CC(C)(C)OC(=O)N[C@@H]1C[C@H](N)C1(C)C.CC(C)(C)OC(=O)N[C@H]1C[C@@H](N)C1(C)C. The lowest BCUT2D eigenvalue weighted by Crippen LogP contribution is -2.64. The van der Waals surface area contributed by atoms with Crippen LogP contribution in [0.25, 0.3) is 0 Å². The fraction of sp³-hybridized carbons (Fsp3) is 0.909. The Balaban J connectivity index is 0.000000300. The lowest BCUT2D eigenvalue weighted by Gasteiger charge is -2.50. The summed E-state index contributed by atoms with van der Waals surface area (Å²) in [5.41, 5.74) is 10.8. The van der Waals surface area contributed by atoms with Crippen molar-refractivity contribution in [3.63, 3.8) is 0 Å². The summed E-state index contributed by atoms with van der Waals surface area (Å²) in [6.07, 6.45) is 0.943. The highest BCUT2D eigenvalue weighted by atomic mass is 16.6. The molecule has 0 aromatic heterocycles. The lowest BCUT2D eigenvalue weighted by atomic mass is 9.63. The van der Waals surface area contributed by atoms with Gasteiger partial charge in [0.05, 0.1) is 0 Å². The molecule has 0 unspecified atom stereocenters. The van der Waals surface area contributed by atoms with E-state index in [0.29, 0.717) is 0 Å². The molecule has 2 rings (SSSR count). The van der Waals surface area contributed by atoms with Gasteiger partial charge in [-0.05, 0) is 54.4 Å². The quantitative estimate of drug-likeness (QED) is 0.534. The van der Waals surface area contributed by atoms with Gasteiger partial charge in [-0.25, -0.2) is 9.59 Å². The molecule has 2 amide bonds. The first kappa shape index (κ1) is 26.5. The summed E-state index contributed by atoms with van der Waals surface area (Å²) >= 11 is 0. The lowest BCUT2D eigenvalue weighted by molar-refractivity contribution is 0.0248. The molecular weight excluding hydrogens is 384 g/mol. The van der Waals surface area contributed by atoms with E-state index in [-0.39, 0.29) is 47.2 Å². The summed E-state index contributed by atoms with van der Waals surface area (Å²) < 4.78 is 10.4. The highest BCUT2D eigenvalue weighted by Crippen LogP contribution is 2.39. The third-order valence-electron chi connectivity index (χ3n) is 6.07. The highest BCUT2D eigenvalue weighted by molar-refractivity contribution is 5.69. The van der Waals surface area contributed by atoms with Crippen molar-refractivity contribution in [2.75, 3.05) is 0 Å². The molecule has 0 spiro atoms. The zero-order valence-electron chi connectivity index (χ0n) is 20.5. The number of hydrogen-bond donors (Lipinski definition) is 4. The molecule has 2 aliphatic carbocycles. The summed E-state index contributed by atoms with van der Waals surface area (Å²) in [7, 11) is 0. The summed E-state index contributed by atoms with van der Waals surface area (Å²) in [5, 5.41) is 5.70. The van der Waals surface area contributed by atoms with Crippen molar-refractivity contribution in [1.29, 1.82) is 0 Å². The Kier molecular flexibility index (Phi) is 7.87. The standard InChI is InChI=1S/2C11H22N2O2/c2*1-10(2,3)15-9(14)13-8-6-7(12)11(8,4)5/h2*7-8H,6,12H2,1-5H3,(H,13,14)/t2*7-,8+/m10/s1. The van der Waals surface area contributed by atoms with Gasteiger partial charge in [0.1, 0.15) is 11.2 Å². The second-order valence-electron chi connectivity index (χ2n) is 11.7. The van der Waals surface area contributed by atoms with Gasteiger partial charge in [-0.3, -0.25) is 0 Å². The molecular formula is C22H44N4O4. The monoisotopic (exact) mass is 428 g/mol. The molecule has 0 aromatic rings. The molecule has 4 atom stereocenters. The Bertz CT molecular complexity index is 566. The predicted octanol–water partition coefficient (Wildman–Crippen LogP) is 3.27. The first-order chi connectivity index (χ1) is 13.3. The van der Waals surface area contributed by atoms with Gasteiger partial charge in [0.25, 0.3) is 0 Å². The van der Waals surface area contributed by atoms with E-state index in [9.17, 15) is 9.59 Å². The fourth-order valence-corrected chi connectivity index (χ4v) is 3.31. The van der Waals surface area contributed by atoms with Gasteiger partial charge < -0.3 is 31.6 Å². The molecule has 6 N–H and O–H groups in total. The number of amides is 2. The number of nitrogens with one attached hydrogen (secondary N) is 2. The third-order valence-corrected chi connectivity index (χ3v) is 6.07. The van der Waals surface area contributed by atoms with Crippen molar-refractivity contribution in [3.8, 4) is 0 Å². The van der Waals surface area contributed by atoms with Crippen LogP contribution in [0.2, 0.25) is 0 Å². The molecule has 0 radical (unpaired) electrons. The van der Waals surface area contributed by atoms with Gasteiger partial charge in [-0.1, -0.05) is 27.7 Å². The molecule has 30 heavy (non-hydrogen) atoms. The van der Waals surface area contributed by atoms with Gasteiger partial charge >= 0.3 is 12.2 Å². The van der Waals surface area contributed by atoms with Crippen LogP contribution in [-0.4, -0.2) is 47.6 Å². The number of hydrogen-bond acceptors (Lipinski definition) is 6. The topological polar surface area (TPSA) is 129 Å². The number of carbonyl (C=O) groups is 2. The van der Waals surface area contributed by atoms with E-state index in [1.54, 1.807) is 0 Å². The molecule has 0 saturated heterocycles. The predicted molar refractivity (Wildman–Crippen MR) is 119 cm³/mol. The van der Waals surface area contributed by atoms with Crippen LogP contribution in [0.5, 0.6) is 0 Å². The van der Waals surface area contributed by atoms with Crippen molar-refractivity contribution in [2.45, 2.75) is 117 Å². The molecule has 0 aromatic carbocycles. The summed E-state index contributed by atoms with van der Waals surface area (Å²) in [6, 6.07) is 0.583. The maximum absolute atomic E-state index is 11.5. The molecule has 0 heterocycles. The van der Waals surface area contributed by atoms with Crippen molar-refractivity contribution >= 4 is 12.2 Å². The van der Waals surface area contributed by atoms with E-state index < -0.39 is 11.2 Å². The summed E-state index contributed by atoms with van der Waals surface area (Å²) in [4.78, 5) is 23.0. The second-order valence-corrected chi connectivity index (χ2v) is 11.7. The van der Waals surface area contributed by atoms with Crippen LogP contribution in [0.3, 0.4) is 0 Å². The van der Waals surface area contributed by atoms with Gasteiger partial charge in [-0.15, -0.1) is 0 Å². The van der Waals surface area contributed by atoms with Crippen LogP contribution in [0.1, 0.15) is 82.1 Å². The van der Waals surface area contributed by atoms with Crippen molar-refractivity contribution in [1.82, 2.24) is 10.6 Å². The van der Waals surface area contributed by atoms with E-state index in [4.69, 9.17) is 20.9 Å². The Morgan fingerprint density at radius 2 is 1.00 bits per heavy atom. The smallest absolute Gasteiger partial charge is 0.407 e. The van der Waals surface area contributed by atoms with Gasteiger partial charge in [0.15, 0.2) is 0 Å². The summed E-state index contributed by atoms with van der Waals surface area (Å²) in [6.45, 7) is 19.3. The Morgan fingerprint density at radius 3 is 1.17 bits per heavy atom. The minimum atomic E-state index is -0.444. The van der Waals surface area contributed by atoms with Crippen LogP contribution in [-0.2, 0) is 9.47 Å². The van der Waals surface area contributed by atoms with Gasteiger partial charge in [0, 0.05) is 35.0 Å². The third kappa shape index (κ3) is 7.30. The zero-order chi connectivity index (χ0) is 23.7. The zero-order valence-corrected chi connectivity index (χ0v) is 20.5. The maximum atomic E-state index is 11.5. The molecule has 176 valence electrons. The average molecular weight is 429 g/mol. The number of ether oxygens (including phenoxy) is 2. The van der Waals surface area contributed by atoms with Crippen LogP contribution in [0, 0.1) is 10.8 Å². The highest BCUT2D eigenvalue weighted by Gasteiger charge is 2.48. The van der Waals surface area contributed by atoms with Crippen molar-refractivity contribution in [3.05, 3.63) is 0 Å². The van der Waals surface area contributed by atoms with E-state index in [1.165, 1.54) is 0 Å². The molecule has 2 aliphatic rings. The van der Waals surface area contributed by atoms with E-state index >= 15 is 0 Å². The molecule has 8 nitrogen and oxygen atoms in total. The normalized spacial score (nSPS) is 29.2. The Hall–Kier alpha value is -1.54. The number of rotatable bonds is 2. The van der Waals surface area contributed by atoms with Gasteiger partial charge in [0.2, 0.25) is 0 Å². The first-order valence-electron chi connectivity index (χ1n) is 10.8. The van der Waals surface area contributed by atoms with Crippen LogP contribution in [0.4, 0.5) is 9.59 Å². The van der Waals surface area contributed by atoms with E-state index in [2.05, 4.69) is 38.3 Å². The van der Waals surface area contributed by atoms with E-state index in [0.717, 1.165) is 12.8 Å². The second kappa shape index (κ2) is 8.91. The van der Waals surface area contributed by atoms with E-state index in [1.807, 2.05) is 41.5 Å². The molecule has 8 heteroatoms. The molecule has 0 bridgehead atoms. The largest absolute Gasteiger partial charge is 0.444 e. The molecule has 0 aliphatic heterocycles. The Morgan fingerprint density at radius 1 is 0.733 bits per heavy atom.